The van der Waals surface area contributed by atoms with E-state index in [2.05, 4.69) is 10.6 Å². The van der Waals surface area contributed by atoms with E-state index in [1.54, 1.807) is 12.1 Å². The molecular formula is C16H15ClF2N2O3. The van der Waals surface area contributed by atoms with Crippen LogP contribution in [0.15, 0.2) is 30.3 Å². The number of methoxy groups -OCH3 is 2. The van der Waals surface area contributed by atoms with Gasteiger partial charge in [-0.15, -0.1) is 0 Å². The van der Waals surface area contributed by atoms with Crippen molar-refractivity contribution in [2.24, 2.45) is 0 Å². The first-order valence-corrected chi connectivity index (χ1v) is 7.22. The van der Waals surface area contributed by atoms with E-state index in [1.165, 1.54) is 20.3 Å². The Bertz CT molecular complexity index is 756. The topological polar surface area (TPSA) is 59.6 Å². The SMILES string of the molecule is COc1cc(NCC(=O)Nc2ccc(F)c(F)c2)c(OC)cc1Cl. The molecule has 24 heavy (non-hydrogen) atoms. The quantitative estimate of drug-likeness (QED) is 0.828. The summed E-state index contributed by atoms with van der Waals surface area (Å²) < 4.78 is 36.3. The zero-order chi connectivity index (χ0) is 17.7. The fourth-order valence-corrected chi connectivity index (χ4v) is 2.18. The van der Waals surface area contributed by atoms with E-state index in [0.717, 1.165) is 12.1 Å². The molecule has 0 unspecified atom stereocenters. The van der Waals surface area contributed by atoms with Gasteiger partial charge in [-0.25, -0.2) is 8.78 Å². The Kier molecular flexibility index (Phi) is 5.81. The predicted octanol–water partition coefficient (Wildman–Crippen LogP) is 3.69. The van der Waals surface area contributed by atoms with Gasteiger partial charge in [-0.3, -0.25) is 4.79 Å². The Balaban J connectivity index is 2.04. The smallest absolute Gasteiger partial charge is 0.243 e. The lowest BCUT2D eigenvalue weighted by atomic mass is 10.2. The lowest BCUT2D eigenvalue weighted by molar-refractivity contribution is -0.114. The highest BCUT2D eigenvalue weighted by Crippen LogP contribution is 2.35. The van der Waals surface area contributed by atoms with Gasteiger partial charge in [-0.1, -0.05) is 11.6 Å². The summed E-state index contributed by atoms with van der Waals surface area (Å²) in [5.74, 6) is -1.62. The number of nitrogens with one attached hydrogen (secondary N) is 2. The minimum atomic E-state index is -1.04. The van der Waals surface area contributed by atoms with Gasteiger partial charge in [0.25, 0.3) is 0 Å². The molecule has 0 bridgehead atoms. The summed E-state index contributed by atoms with van der Waals surface area (Å²) in [5, 5.41) is 5.69. The van der Waals surface area contributed by atoms with Crippen LogP contribution in [0.5, 0.6) is 11.5 Å². The van der Waals surface area contributed by atoms with Crippen molar-refractivity contribution in [1.29, 1.82) is 0 Å². The first kappa shape index (κ1) is 17.8. The highest BCUT2D eigenvalue weighted by Gasteiger charge is 2.11. The van der Waals surface area contributed by atoms with Crippen molar-refractivity contribution in [3.8, 4) is 11.5 Å². The average molecular weight is 357 g/mol. The summed E-state index contributed by atoms with van der Waals surface area (Å²) in [5.41, 5.74) is 0.653. The number of carbonyl (C=O) groups is 1. The van der Waals surface area contributed by atoms with Gasteiger partial charge in [-0.05, 0) is 12.1 Å². The number of carbonyl (C=O) groups excluding carboxylic acids is 1. The third kappa shape index (κ3) is 4.26. The second-order valence-corrected chi connectivity index (χ2v) is 5.12. The standard InChI is InChI=1S/C16H15ClF2N2O3/c1-23-14-7-13(15(24-2)6-10(14)17)20-8-16(22)21-9-3-4-11(18)12(19)5-9/h3-7,20H,8H2,1-2H3,(H,21,22). The molecule has 0 atom stereocenters. The van der Waals surface area contributed by atoms with Crippen LogP contribution < -0.4 is 20.1 Å². The third-order valence-electron chi connectivity index (χ3n) is 3.12. The van der Waals surface area contributed by atoms with Gasteiger partial charge in [0, 0.05) is 23.9 Å². The monoisotopic (exact) mass is 356 g/mol. The van der Waals surface area contributed by atoms with E-state index in [0.29, 0.717) is 22.2 Å². The normalized spacial score (nSPS) is 10.2. The van der Waals surface area contributed by atoms with Crippen LogP contribution in [-0.4, -0.2) is 26.7 Å². The van der Waals surface area contributed by atoms with E-state index in [4.69, 9.17) is 21.1 Å². The minimum Gasteiger partial charge on any atom is -0.495 e. The zero-order valence-electron chi connectivity index (χ0n) is 13.0. The van der Waals surface area contributed by atoms with Gasteiger partial charge >= 0.3 is 0 Å². The Labute approximate surface area is 142 Å². The maximum atomic E-state index is 13.1. The van der Waals surface area contributed by atoms with Crippen molar-refractivity contribution in [1.82, 2.24) is 0 Å². The largest absolute Gasteiger partial charge is 0.495 e. The van der Waals surface area contributed by atoms with Crippen LogP contribution in [-0.2, 0) is 4.79 Å². The molecule has 0 aromatic heterocycles. The molecule has 0 saturated heterocycles. The molecular weight excluding hydrogens is 342 g/mol. The fraction of sp³-hybridized carbons (Fsp3) is 0.188. The van der Waals surface area contributed by atoms with Gasteiger partial charge < -0.3 is 20.1 Å². The number of ether oxygens (including phenoxy) is 2. The molecule has 0 saturated carbocycles. The number of halogens is 3. The molecule has 1 amide bonds. The summed E-state index contributed by atoms with van der Waals surface area (Å²) in [6.45, 7) is -0.125. The molecule has 5 nitrogen and oxygen atoms in total. The van der Waals surface area contributed by atoms with Crippen molar-refractivity contribution in [2.45, 2.75) is 0 Å². The van der Waals surface area contributed by atoms with Crippen LogP contribution >= 0.6 is 11.6 Å². The van der Waals surface area contributed by atoms with Crippen LogP contribution in [0.4, 0.5) is 20.2 Å². The molecule has 0 aliphatic rings. The predicted molar refractivity (Wildman–Crippen MR) is 88.0 cm³/mol. The Hall–Kier alpha value is -2.54. The summed E-state index contributed by atoms with van der Waals surface area (Å²) in [4.78, 5) is 11.9. The minimum absolute atomic E-state index is 0.125. The summed E-state index contributed by atoms with van der Waals surface area (Å²) in [6.07, 6.45) is 0. The summed E-state index contributed by atoms with van der Waals surface area (Å²) in [7, 11) is 2.93. The van der Waals surface area contributed by atoms with E-state index in [9.17, 15) is 13.6 Å². The second kappa shape index (κ2) is 7.83. The number of anilines is 2. The lowest BCUT2D eigenvalue weighted by Gasteiger charge is -2.14. The molecule has 0 spiro atoms. The molecule has 0 heterocycles. The Morgan fingerprint density at radius 2 is 1.79 bits per heavy atom. The van der Waals surface area contributed by atoms with Crippen molar-refractivity contribution >= 4 is 28.9 Å². The number of hydrogen-bond acceptors (Lipinski definition) is 4. The first-order chi connectivity index (χ1) is 11.4. The molecule has 2 aromatic carbocycles. The number of benzene rings is 2. The first-order valence-electron chi connectivity index (χ1n) is 6.85. The highest BCUT2D eigenvalue weighted by atomic mass is 35.5. The molecule has 0 fully saturated rings. The highest BCUT2D eigenvalue weighted by molar-refractivity contribution is 6.32. The molecule has 2 rings (SSSR count). The van der Waals surface area contributed by atoms with Crippen molar-refractivity contribution in [3.05, 3.63) is 47.0 Å². The number of rotatable bonds is 6. The van der Waals surface area contributed by atoms with Crippen molar-refractivity contribution < 1.29 is 23.0 Å². The van der Waals surface area contributed by atoms with E-state index in [1.807, 2.05) is 0 Å². The van der Waals surface area contributed by atoms with Crippen LogP contribution in [0, 0.1) is 11.6 Å². The van der Waals surface area contributed by atoms with Crippen LogP contribution in [0.1, 0.15) is 0 Å². The number of hydrogen-bond donors (Lipinski definition) is 2. The molecule has 2 aromatic rings. The van der Waals surface area contributed by atoms with Crippen LogP contribution in [0.3, 0.4) is 0 Å². The van der Waals surface area contributed by atoms with Crippen molar-refractivity contribution in [3.63, 3.8) is 0 Å². The maximum absolute atomic E-state index is 13.1. The summed E-state index contributed by atoms with van der Waals surface area (Å²) >= 11 is 6.00. The molecule has 0 aliphatic heterocycles. The van der Waals surface area contributed by atoms with Crippen LogP contribution in [0.25, 0.3) is 0 Å². The maximum Gasteiger partial charge on any atom is 0.243 e. The fourth-order valence-electron chi connectivity index (χ4n) is 1.95. The number of amides is 1. The third-order valence-corrected chi connectivity index (χ3v) is 3.41. The zero-order valence-corrected chi connectivity index (χ0v) is 13.7. The van der Waals surface area contributed by atoms with E-state index >= 15 is 0 Å². The lowest BCUT2D eigenvalue weighted by Crippen LogP contribution is -2.22. The Morgan fingerprint density at radius 3 is 2.42 bits per heavy atom. The average Bonchev–Trinajstić information content (AvgIpc) is 2.56. The molecule has 0 radical (unpaired) electrons. The van der Waals surface area contributed by atoms with Gasteiger partial charge in [0.05, 0.1) is 31.5 Å². The molecule has 0 aliphatic carbocycles. The molecule has 8 heteroatoms. The second-order valence-electron chi connectivity index (χ2n) is 4.72. The van der Waals surface area contributed by atoms with Gasteiger partial charge in [-0.2, -0.15) is 0 Å². The van der Waals surface area contributed by atoms with Gasteiger partial charge in [0.15, 0.2) is 11.6 Å². The van der Waals surface area contributed by atoms with E-state index < -0.39 is 17.5 Å². The van der Waals surface area contributed by atoms with E-state index in [-0.39, 0.29) is 12.2 Å². The molecule has 128 valence electrons. The van der Waals surface area contributed by atoms with Gasteiger partial charge in [0.2, 0.25) is 5.91 Å². The summed E-state index contributed by atoms with van der Waals surface area (Å²) in [6, 6.07) is 6.24. The van der Waals surface area contributed by atoms with Gasteiger partial charge in [0.1, 0.15) is 11.5 Å². The van der Waals surface area contributed by atoms with Crippen molar-refractivity contribution in [2.75, 3.05) is 31.4 Å². The van der Waals surface area contributed by atoms with Crippen LogP contribution in [0.2, 0.25) is 5.02 Å². The Morgan fingerprint density at radius 1 is 1.08 bits per heavy atom. The molecule has 2 N–H and O–H groups in total.